The predicted octanol–water partition coefficient (Wildman–Crippen LogP) is 3.43. The molecule has 0 aliphatic rings. The van der Waals surface area contributed by atoms with Gasteiger partial charge < -0.3 is 9.88 Å². The van der Waals surface area contributed by atoms with Crippen LogP contribution in [-0.4, -0.2) is 32.2 Å². The van der Waals surface area contributed by atoms with Crippen LogP contribution in [0.5, 0.6) is 0 Å². The normalized spacial score (nSPS) is 11.4. The Bertz CT molecular complexity index is 1250. The molecule has 0 spiro atoms. The molecule has 1 amide bonds. The molecule has 0 unspecified atom stereocenters. The second kappa shape index (κ2) is 6.35. The molecular formula is C20H20N4O2S. The molecule has 138 valence electrons. The van der Waals surface area contributed by atoms with Gasteiger partial charge >= 0.3 is 0 Å². The first-order valence-corrected chi connectivity index (χ1v) is 9.49. The fourth-order valence-corrected chi connectivity index (χ4v) is 4.34. The number of thiazole rings is 1. The van der Waals surface area contributed by atoms with Crippen molar-refractivity contribution in [3.63, 3.8) is 0 Å². The summed E-state index contributed by atoms with van der Waals surface area (Å²) in [4.78, 5) is 36.7. The van der Waals surface area contributed by atoms with Crippen LogP contribution in [-0.2, 0) is 6.54 Å². The van der Waals surface area contributed by atoms with Crippen LogP contribution in [0.3, 0.4) is 0 Å². The Balaban J connectivity index is 1.73. The molecule has 0 atom stereocenters. The molecule has 0 aliphatic heterocycles. The molecule has 0 saturated carbocycles. The molecule has 0 aliphatic carbocycles. The highest BCUT2D eigenvalue weighted by Gasteiger charge is 2.22. The molecule has 0 radical (unpaired) electrons. The van der Waals surface area contributed by atoms with E-state index in [-0.39, 0.29) is 17.0 Å². The second-order valence-electron chi connectivity index (χ2n) is 6.80. The minimum atomic E-state index is -0.357. The number of amides is 1. The van der Waals surface area contributed by atoms with Crippen LogP contribution >= 0.6 is 11.3 Å². The van der Waals surface area contributed by atoms with Gasteiger partial charge in [-0.05, 0) is 32.4 Å². The lowest BCUT2D eigenvalue weighted by Gasteiger charge is -2.18. The number of pyridine rings is 1. The van der Waals surface area contributed by atoms with Gasteiger partial charge in [0.2, 0.25) is 0 Å². The second-order valence-corrected chi connectivity index (χ2v) is 8.01. The van der Waals surface area contributed by atoms with Crippen LogP contribution in [0.1, 0.15) is 32.2 Å². The Labute approximate surface area is 160 Å². The number of nitrogens with one attached hydrogen (secondary N) is 1. The Morgan fingerprint density at radius 2 is 2.00 bits per heavy atom. The van der Waals surface area contributed by atoms with Crippen molar-refractivity contribution in [3.8, 4) is 0 Å². The Kier molecular flexibility index (Phi) is 4.11. The van der Waals surface area contributed by atoms with Crippen molar-refractivity contribution in [2.75, 3.05) is 7.05 Å². The molecule has 3 aromatic heterocycles. The molecule has 1 N–H and O–H groups in total. The van der Waals surface area contributed by atoms with Crippen molar-refractivity contribution in [3.05, 3.63) is 68.2 Å². The maximum atomic E-state index is 13.1. The number of carbonyl (C=O) groups is 1. The zero-order valence-electron chi connectivity index (χ0n) is 15.7. The van der Waals surface area contributed by atoms with Gasteiger partial charge in [0, 0.05) is 29.0 Å². The predicted molar refractivity (Wildman–Crippen MR) is 108 cm³/mol. The fourth-order valence-electron chi connectivity index (χ4n) is 3.45. The molecule has 4 rings (SSSR count). The van der Waals surface area contributed by atoms with E-state index in [4.69, 9.17) is 0 Å². The highest BCUT2D eigenvalue weighted by Crippen LogP contribution is 2.23. The zero-order chi connectivity index (χ0) is 19.3. The molecule has 0 bridgehead atoms. The van der Waals surface area contributed by atoms with Crippen molar-refractivity contribution in [1.29, 1.82) is 0 Å². The highest BCUT2D eigenvalue weighted by atomic mass is 32.1. The number of nitrogens with zero attached hydrogens (tertiary/aromatic N) is 3. The van der Waals surface area contributed by atoms with Crippen LogP contribution in [0.25, 0.3) is 15.9 Å². The third-order valence-corrected chi connectivity index (χ3v) is 5.77. The van der Waals surface area contributed by atoms with Gasteiger partial charge in [0.05, 0.1) is 17.9 Å². The number of para-hydroxylation sites is 1. The number of fused-ring (bicyclic) bond motifs is 2. The fraction of sp³-hybridized carbons (Fsp3) is 0.250. The smallest absolute Gasteiger partial charge is 0.261 e. The maximum absolute atomic E-state index is 13.1. The topological polar surface area (TPSA) is 70.5 Å². The zero-order valence-corrected chi connectivity index (χ0v) is 16.5. The van der Waals surface area contributed by atoms with Crippen molar-refractivity contribution in [2.24, 2.45) is 0 Å². The molecule has 0 fully saturated rings. The lowest BCUT2D eigenvalue weighted by atomic mass is 10.0. The molecule has 0 saturated heterocycles. The van der Waals surface area contributed by atoms with Crippen LogP contribution in [0.4, 0.5) is 0 Å². The number of aromatic amines is 1. The SMILES string of the molecule is Cc1cn2c(CN(C)C(=O)c3c(C)c4ccccc4[nH]c3=O)c(C)nc2s1. The average molecular weight is 380 g/mol. The number of aryl methyl sites for hydroxylation is 3. The third-order valence-electron chi connectivity index (χ3n) is 4.87. The molecule has 6 nitrogen and oxygen atoms in total. The van der Waals surface area contributed by atoms with Crippen molar-refractivity contribution >= 4 is 33.1 Å². The van der Waals surface area contributed by atoms with E-state index < -0.39 is 0 Å². The van der Waals surface area contributed by atoms with Gasteiger partial charge in [0.15, 0.2) is 4.96 Å². The van der Waals surface area contributed by atoms with Crippen molar-refractivity contribution in [1.82, 2.24) is 19.3 Å². The summed E-state index contributed by atoms with van der Waals surface area (Å²) in [5.74, 6) is -0.291. The van der Waals surface area contributed by atoms with E-state index in [2.05, 4.69) is 9.97 Å². The van der Waals surface area contributed by atoms with Gasteiger partial charge in [0.25, 0.3) is 11.5 Å². The van der Waals surface area contributed by atoms with Gasteiger partial charge in [-0.1, -0.05) is 18.2 Å². The first-order valence-electron chi connectivity index (χ1n) is 8.68. The largest absolute Gasteiger partial charge is 0.336 e. The summed E-state index contributed by atoms with van der Waals surface area (Å²) in [6.07, 6.45) is 2.03. The minimum absolute atomic E-state index is 0.191. The van der Waals surface area contributed by atoms with Gasteiger partial charge in [-0.3, -0.25) is 14.0 Å². The Morgan fingerprint density at radius 3 is 2.78 bits per heavy atom. The summed E-state index contributed by atoms with van der Waals surface area (Å²) in [5.41, 5.74) is 3.12. The van der Waals surface area contributed by atoms with E-state index in [1.54, 1.807) is 23.3 Å². The van der Waals surface area contributed by atoms with E-state index in [0.717, 1.165) is 32.1 Å². The molecular weight excluding hydrogens is 360 g/mol. The quantitative estimate of drug-likeness (QED) is 0.592. The number of hydrogen-bond donors (Lipinski definition) is 1. The standard InChI is InChI=1S/C20H20N4O2S/c1-11-9-24-16(13(3)21-20(24)27-11)10-23(4)19(26)17-12(2)14-7-5-6-8-15(14)22-18(17)25/h5-9H,10H2,1-4H3,(H,22,25). The Hall–Kier alpha value is -2.93. The van der Waals surface area contributed by atoms with Gasteiger partial charge in [-0.2, -0.15) is 0 Å². The minimum Gasteiger partial charge on any atom is -0.336 e. The Morgan fingerprint density at radius 1 is 1.26 bits per heavy atom. The highest BCUT2D eigenvalue weighted by molar-refractivity contribution is 7.17. The first kappa shape index (κ1) is 17.5. The van der Waals surface area contributed by atoms with E-state index in [1.165, 1.54) is 0 Å². The summed E-state index contributed by atoms with van der Waals surface area (Å²) in [6.45, 7) is 6.18. The van der Waals surface area contributed by atoms with Crippen LogP contribution in [0.15, 0.2) is 35.3 Å². The van der Waals surface area contributed by atoms with E-state index in [1.807, 2.05) is 55.6 Å². The van der Waals surface area contributed by atoms with Gasteiger partial charge in [-0.15, -0.1) is 11.3 Å². The van der Waals surface area contributed by atoms with Gasteiger partial charge in [0.1, 0.15) is 5.56 Å². The molecule has 27 heavy (non-hydrogen) atoms. The van der Waals surface area contributed by atoms with Crippen molar-refractivity contribution in [2.45, 2.75) is 27.3 Å². The number of rotatable bonds is 3. The molecule has 4 aromatic rings. The number of imidazole rings is 1. The number of aromatic nitrogens is 3. The number of H-pyrrole nitrogens is 1. The molecule has 3 heterocycles. The summed E-state index contributed by atoms with van der Waals surface area (Å²) in [7, 11) is 1.72. The number of benzene rings is 1. The summed E-state index contributed by atoms with van der Waals surface area (Å²) < 4.78 is 2.02. The first-order chi connectivity index (χ1) is 12.9. The lowest BCUT2D eigenvalue weighted by Crippen LogP contribution is -2.33. The van der Waals surface area contributed by atoms with Crippen LogP contribution in [0.2, 0.25) is 0 Å². The third kappa shape index (κ3) is 2.84. The average Bonchev–Trinajstić information content (AvgIpc) is 3.11. The summed E-state index contributed by atoms with van der Waals surface area (Å²) in [6, 6.07) is 7.52. The van der Waals surface area contributed by atoms with Gasteiger partial charge in [-0.25, -0.2) is 4.98 Å². The van der Waals surface area contributed by atoms with Crippen LogP contribution in [0, 0.1) is 20.8 Å². The number of carbonyl (C=O) groups excluding carboxylic acids is 1. The van der Waals surface area contributed by atoms with Crippen LogP contribution < -0.4 is 5.56 Å². The lowest BCUT2D eigenvalue weighted by molar-refractivity contribution is 0.0780. The summed E-state index contributed by atoms with van der Waals surface area (Å²) in [5, 5.41) is 0.880. The molecule has 1 aromatic carbocycles. The van der Waals surface area contributed by atoms with E-state index in [9.17, 15) is 9.59 Å². The van der Waals surface area contributed by atoms with E-state index in [0.29, 0.717) is 12.1 Å². The molecule has 7 heteroatoms. The maximum Gasteiger partial charge on any atom is 0.261 e. The number of hydrogen-bond acceptors (Lipinski definition) is 4. The van der Waals surface area contributed by atoms with Crippen molar-refractivity contribution < 1.29 is 4.79 Å². The van der Waals surface area contributed by atoms with E-state index >= 15 is 0 Å². The monoisotopic (exact) mass is 380 g/mol. The summed E-state index contributed by atoms with van der Waals surface area (Å²) >= 11 is 1.62.